The first-order valence-electron chi connectivity index (χ1n) is 8.92. The summed E-state index contributed by atoms with van der Waals surface area (Å²) < 4.78 is 1.66. The van der Waals surface area contributed by atoms with Crippen LogP contribution in [0.15, 0.2) is 58.5 Å². The molecule has 0 saturated heterocycles. The molecular formula is C21H23N3O2S. The number of aryl methyl sites for hydroxylation is 1. The van der Waals surface area contributed by atoms with Gasteiger partial charge in [-0.2, -0.15) is 0 Å². The fraction of sp³-hybridized carbons (Fsp3) is 0.286. The quantitative estimate of drug-likeness (QED) is 0.525. The van der Waals surface area contributed by atoms with E-state index in [1.54, 1.807) is 10.6 Å². The Hall–Kier alpha value is -2.60. The van der Waals surface area contributed by atoms with E-state index >= 15 is 0 Å². The molecule has 1 atom stereocenters. The lowest BCUT2D eigenvalue weighted by Crippen LogP contribution is -2.28. The fourth-order valence-corrected chi connectivity index (χ4v) is 3.88. The summed E-state index contributed by atoms with van der Waals surface area (Å²) in [7, 11) is 0. The maximum Gasteiger partial charge on any atom is 0.262 e. The van der Waals surface area contributed by atoms with Crippen LogP contribution in [0.2, 0.25) is 0 Å². The van der Waals surface area contributed by atoms with Crippen molar-refractivity contribution in [3.63, 3.8) is 0 Å². The van der Waals surface area contributed by atoms with Gasteiger partial charge in [0.2, 0.25) is 5.91 Å². The van der Waals surface area contributed by atoms with E-state index in [1.807, 2.05) is 70.2 Å². The van der Waals surface area contributed by atoms with Crippen LogP contribution in [0.5, 0.6) is 0 Å². The van der Waals surface area contributed by atoms with Crippen LogP contribution < -0.4 is 10.9 Å². The van der Waals surface area contributed by atoms with Crippen molar-refractivity contribution in [2.75, 3.05) is 5.32 Å². The second-order valence-electron chi connectivity index (χ2n) is 6.80. The number of fused-ring (bicyclic) bond motifs is 1. The van der Waals surface area contributed by atoms with Crippen molar-refractivity contribution in [1.82, 2.24) is 9.55 Å². The zero-order valence-electron chi connectivity index (χ0n) is 15.9. The van der Waals surface area contributed by atoms with Crippen LogP contribution in [0, 0.1) is 6.92 Å². The number of nitrogens with one attached hydrogen (secondary N) is 1. The summed E-state index contributed by atoms with van der Waals surface area (Å²) in [4.78, 5) is 30.1. The molecule has 0 aliphatic carbocycles. The minimum absolute atomic E-state index is 0.0517. The molecule has 2 aromatic carbocycles. The summed E-state index contributed by atoms with van der Waals surface area (Å²) in [6.45, 7) is 7.69. The Kier molecular flexibility index (Phi) is 5.65. The van der Waals surface area contributed by atoms with Crippen molar-refractivity contribution < 1.29 is 4.79 Å². The first kappa shape index (κ1) is 19.2. The number of nitrogens with zero attached hydrogens (tertiary/aromatic N) is 2. The molecule has 3 rings (SSSR count). The molecule has 3 aromatic rings. The highest BCUT2D eigenvalue weighted by atomic mass is 32.2. The van der Waals surface area contributed by atoms with Crippen molar-refractivity contribution in [3.05, 3.63) is 64.4 Å². The van der Waals surface area contributed by atoms with Crippen molar-refractivity contribution >= 4 is 34.3 Å². The minimum Gasteiger partial charge on any atom is -0.325 e. The van der Waals surface area contributed by atoms with Gasteiger partial charge in [-0.25, -0.2) is 4.98 Å². The molecule has 0 fully saturated rings. The third-order valence-corrected chi connectivity index (χ3v) is 5.30. The van der Waals surface area contributed by atoms with Gasteiger partial charge in [-0.05, 0) is 57.5 Å². The summed E-state index contributed by atoms with van der Waals surface area (Å²) in [6.07, 6.45) is 0. The van der Waals surface area contributed by atoms with Crippen molar-refractivity contribution in [2.45, 2.75) is 44.1 Å². The first-order valence-corrected chi connectivity index (χ1v) is 9.80. The molecular weight excluding hydrogens is 358 g/mol. The van der Waals surface area contributed by atoms with Crippen molar-refractivity contribution in [3.8, 4) is 0 Å². The molecule has 1 N–H and O–H groups in total. The van der Waals surface area contributed by atoms with E-state index in [-0.39, 0.29) is 17.5 Å². The lowest BCUT2D eigenvalue weighted by atomic mass is 10.2. The monoisotopic (exact) mass is 381 g/mol. The number of rotatable bonds is 5. The summed E-state index contributed by atoms with van der Waals surface area (Å²) in [5.74, 6) is -0.122. The Balaban J connectivity index is 1.89. The van der Waals surface area contributed by atoms with Gasteiger partial charge in [0.25, 0.3) is 5.56 Å². The SMILES string of the molecule is Cc1cccc(NC(=O)[C@H](C)Sc2nc3ccccc3c(=O)n2C(C)C)c1. The Morgan fingerprint density at radius 1 is 1.11 bits per heavy atom. The Morgan fingerprint density at radius 2 is 1.85 bits per heavy atom. The van der Waals surface area contributed by atoms with E-state index in [2.05, 4.69) is 10.3 Å². The Bertz CT molecular complexity index is 1040. The topological polar surface area (TPSA) is 64.0 Å². The Morgan fingerprint density at radius 3 is 2.56 bits per heavy atom. The first-order chi connectivity index (χ1) is 12.9. The maximum atomic E-state index is 12.9. The number of benzene rings is 2. The number of carbonyl (C=O) groups excluding carboxylic acids is 1. The molecule has 1 amide bonds. The van der Waals surface area contributed by atoms with E-state index in [0.29, 0.717) is 16.1 Å². The molecule has 0 radical (unpaired) electrons. The second kappa shape index (κ2) is 7.96. The van der Waals surface area contributed by atoms with Crippen LogP contribution >= 0.6 is 11.8 Å². The molecule has 140 valence electrons. The highest BCUT2D eigenvalue weighted by molar-refractivity contribution is 8.00. The van der Waals surface area contributed by atoms with Gasteiger partial charge in [0, 0.05) is 11.7 Å². The van der Waals surface area contributed by atoms with Crippen molar-refractivity contribution in [1.29, 1.82) is 0 Å². The zero-order chi connectivity index (χ0) is 19.6. The van der Waals surface area contributed by atoms with Gasteiger partial charge in [-0.3, -0.25) is 14.2 Å². The molecule has 0 aliphatic heterocycles. The van der Waals surface area contributed by atoms with Crippen molar-refractivity contribution in [2.24, 2.45) is 0 Å². The summed E-state index contributed by atoms with van der Waals surface area (Å²) in [5, 5.41) is 3.68. The highest BCUT2D eigenvalue weighted by Gasteiger charge is 2.20. The van der Waals surface area contributed by atoms with Crippen LogP contribution in [0.3, 0.4) is 0 Å². The maximum absolute atomic E-state index is 12.9. The van der Waals surface area contributed by atoms with Gasteiger partial charge < -0.3 is 5.32 Å². The van der Waals surface area contributed by atoms with Crippen LogP contribution in [0.1, 0.15) is 32.4 Å². The van der Waals surface area contributed by atoms with Gasteiger partial charge in [0.05, 0.1) is 16.2 Å². The predicted molar refractivity (Wildman–Crippen MR) is 112 cm³/mol. The average molecular weight is 382 g/mol. The molecule has 0 unspecified atom stereocenters. The van der Waals surface area contributed by atoms with E-state index < -0.39 is 5.25 Å². The smallest absolute Gasteiger partial charge is 0.262 e. The Labute approximate surface area is 162 Å². The number of hydrogen-bond acceptors (Lipinski definition) is 4. The number of carbonyl (C=O) groups is 1. The zero-order valence-corrected chi connectivity index (χ0v) is 16.7. The van der Waals surface area contributed by atoms with E-state index in [4.69, 9.17) is 0 Å². The van der Waals surface area contributed by atoms with Gasteiger partial charge in [0.1, 0.15) is 0 Å². The minimum atomic E-state index is -0.399. The molecule has 0 aliphatic rings. The van der Waals surface area contributed by atoms with Crippen LogP contribution in [0.4, 0.5) is 5.69 Å². The van der Waals surface area contributed by atoms with Crippen LogP contribution in [-0.4, -0.2) is 20.7 Å². The second-order valence-corrected chi connectivity index (χ2v) is 8.11. The van der Waals surface area contributed by atoms with E-state index in [0.717, 1.165) is 11.3 Å². The van der Waals surface area contributed by atoms with E-state index in [9.17, 15) is 9.59 Å². The number of amides is 1. The van der Waals surface area contributed by atoms with Gasteiger partial charge in [-0.15, -0.1) is 0 Å². The lowest BCUT2D eigenvalue weighted by molar-refractivity contribution is -0.115. The third-order valence-electron chi connectivity index (χ3n) is 4.23. The van der Waals surface area contributed by atoms with Gasteiger partial charge in [-0.1, -0.05) is 36.0 Å². The van der Waals surface area contributed by atoms with Crippen LogP contribution in [0.25, 0.3) is 10.9 Å². The number of aromatic nitrogens is 2. The largest absolute Gasteiger partial charge is 0.325 e. The normalized spacial score (nSPS) is 12.3. The number of para-hydroxylation sites is 1. The highest BCUT2D eigenvalue weighted by Crippen LogP contribution is 2.25. The number of thioether (sulfide) groups is 1. The third kappa shape index (κ3) is 4.22. The molecule has 1 heterocycles. The summed E-state index contributed by atoms with van der Waals surface area (Å²) in [6, 6.07) is 14.9. The molecule has 27 heavy (non-hydrogen) atoms. The standard InChI is InChI=1S/C21H23N3O2S/c1-13(2)24-20(26)17-10-5-6-11-18(17)23-21(24)27-15(4)19(25)22-16-9-7-8-14(3)12-16/h5-13,15H,1-4H3,(H,22,25)/t15-/m0/s1. The average Bonchev–Trinajstić information content (AvgIpc) is 2.61. The molecule has 1 aromatic heterocycles. The molecule has 0 saturated carbocycles. The molecule has 6 heteroatoms. The van der Waals surface area contributed by atoms with Crippen LogP contribution in [-0.2, 0) is 4.79 Å². The summed E-state index contributed by atoms with van der Waals surface area (Å²) >= 11 is 1.30. The number of hydrogen-bond donors (Lipinski definition) is 1. The van der Waals surface area contributed by atoms with Gasteiger partial charge in [0.15, 0.2) is 5.16 Å². The van der Waals surface area contributed by atoms with E-state index in [1.165, 1.54) is 11.8 Å². The fourth-order valence-electron chi connectivity index (χ4n) is 2.84. The molecule has 5 nitrogen and oxygen atoms in total. The predicted octanol–water partition coefficient (Wildman–Crippen LogP) is 4.41. The lowest BCUT2D eigenvalue weighted by Gasteiger charge is -2.18. The van der Waals surface area contributed by atoms with Gasteiger partial charge >= 0.3 is 0 Å². The summed E-state index contributed by atoms with van der Waals surface area (Å²) in [5.41, 5.74) is 2.41. The molecule has 0 bridgehead atoms. The number of anilines is 1. The molecule has 0 spiro atoms.